The number of hydrogen-bond acceptors (Lipinski definition) is 10. The quantitative estimate of drug-likeness (QED) is 0.232. The molecule has 2 amide bonds. The number of rotatable bonds is 7. The second-order valence-corrected chi connectivity index (χ2v) is 10.3. The first kappa shape index (κ1) is 35.0. The van der Waals surface area contributed by atoms with Gasteiger partial charge in [0, 0.05) is 44.3 Å². The van der Waals surface area contributed by atoms with Crippen LogP contribution in [0.25, 0.3) is 10.9 Å². The third-order valence-corrected chi connectivity index (χ3v) is 7.97. The van der Waals surface area contributed by atoms with Crippen LogP contribution in [0.5, 0.6) is 0 Å². The zero-order chi connectivity index (χ0) is 29.7. The summed E-state index contributed by atoms with van der Waals surface area (Å²) in [5, 5.41) is 32.8. The van der Waals surface area contributed by atoms with E-state index >= 15 is 4.39 Å². The van der Waals surface area contributed by atoms with Gasteiger partial charge in [-0.15, -0.1) is 0 Å². The number of carbonyl (C=O) groups excluding carboxylic acids is 4. The fourth-order valence-corrected chi connectivity index (χ4v) is 5.90. The van der Waals surface area contributed by atoms with Crippen LogP contribution in [-0.2, 0) is 20.9 Å². The fourth-order valence-electron chi connectivity index (χ4n) is 5.90. The number of amides is 2. The first-order valence-electron chi connectivity index (χ1n) is 13.1. The summed E-state index contributed by atoms with van der Waals surface area (Å²) in [5.74, 6) is -5.18. The molecule has 1 N–H and O–H groups in total. The SMILES string of the molecule is CCn1cc(C(=O)[O-])c(=O)c2cc(F)c(N3CCN(C(=O)OCC4=C(C(=O)[O-])N5C(=O)[C@@H]([C@@H](C)O)[C@H]5C4)CC3)cc21.[Na+].[Na+]. The smallest absolute Gasteiger partial charge is 0.545 e. The number of carbonyl (C=O) groups is 4. The summed E-state index contributed by atoms with van der Waals surface area (Å²) in [5.41, 5.74) is -0.963. The third-order valence-electron chi connectivity index (χ3n) is 7.97. The Morgan fingerprint density at radius 2 is 1.74 bits per heavy atom. The standard InChI is InChI=1S/C27H29FN4O9.2Na/c1-3-29-11-16(25(36)37)23(34)15-9-17(28)19(10-18(15)29)30-4-6-31(7-5-30)27(40)41-12-14-8-20-21(13(2)33)24(35)32(20)22(14)26(38)39;;/h9-11,13,20-21,33H,3-8,12H2,1-2H3,(H,36,37)(H,38,39);;/q;2*+1/p-2/t13-,20-,21+;;/m1../s1. The number of aliphatic hydroxyl groups is 1. The van der Waals surface area contributed by atoms with Gasteiger partial charge in [-0.3, -0.25) is 9.59 Å². The average Bonchev–Trinajstić information content (AvgIpc) is 3.26. The number of nitrogens with zero attached hydrogens (tertiary/aromatic N) is 4. The molecule has 0 unspecified atom stereocenters. The molecule has 16 heteroatoms. The van der Waals surface area contributed by atoms with Crippen LogP contribution in [0.1, 0.15) is 30.6 Å². The van der Waals surface area contributed by atoms with Crippen LogP contribution in [0.15, 0.2) is 34.4 Å². The van der Waals surface area contributed by atoms with Crippen LogP contribution in [0, 0.1) is 11.7 Å². The van der Waals surface area contributed by atoms with Crippen molar-refractivity contribution >= 4 is 40.5 Å². The molecule has 2 fully saturated rings. The van der Waals surface area contributed by atoms with Gasteiger partial charge < -0.3 is 48.9 Å². The number of benzene rings is 1. The molecule has 0 saturated carbocycles. The molecule has 3 aliphatic heterocycles. The van der Waals surface area contributed by atoms with Crippen LogP contribution in [0.3, 0.4) is 0 Å². The number of aliphatic hydroxyl groups excluding tert-OH is 1. The van der Waals surface area contributed by atoms with E-state index < -0.39 is 58.8 Å². The van der Waals surface area contributed by atoms with Gasteiger partial charge in [-0.1, -0.05) is 0 Å². The molecule has 2 saturated heterocycles. The van der Waals surface area contributed by atoms with Crippen LogP contribution in [-0.4, -0.2) is 88.3 Å². The molecule has 0 spiro atoms. The minimum Gasteiger partial charge on any atom is -0.545 e. The van der Waals surface area contributed by atoms with E-state index in [2.05, 4.69) is 0 Å². The van der Waals surface area contributed by atoms with Gasteiger partial charge in [0.15, 0.2) is 5.43 Å². The molecule has 0 radical (unpaired) electrons. The van der Waals surface area contributed by atoms with Crippen LogP contribution >= 0.6 is 0 Å². The Morgan fingerprint density at radius 3 is 2.30 bits per heavy atom. The van der Waals surface area contributed by atoms with E-state index in [9.17, 15) is 39.3 Å². The summed E-state index contributed by atoms with van der Waals surface area (Å²) in [6.45, 7) is 3.92. The fraction of sp³-hybridized carbons (Fsp3) is 0.444. The van der Waals surface area contributed by atoms with Gasteiger partial charge in [0.25, 0.3) is 0 Å². The zero-order valence-corrected chi connectivity index (χ0v) is 28.3. The van der Waals surface area contributed by atoms with Crippen LogP contribution in [0.4, 0.5) is 14.9 Å². The summed E-state index contributed by atoms with van der Waals surface area (Å²) in [6.07, 6.45) is -0.354. The molecule has 1 aromatic carbocycles. The summed E-state index contributed by atoms with van der Waals surface area (Å²) >= 11 is 0. The molecule has 3 atom stereocenters. The van der Waals surface area contributed by atoms with E-state index in [1.54, 1.807) is 11.8 Å². The van der Waals surface area contributed by atoms with Crippen molar-refractivity contribution in [2.75, 3.05) is 37.7 Å². The number of pyridine rings is 1. The van der Waals surface area contributed by atoms with Crippen LogP contribution < -0.4 is 79.7 Å². The maximum absolute atomic E-state index is 15.1. The van der Waals surface area contributed by atoms with E-state index in [1.165, 1.54) is 28.7 Å². The molecule has 43 heavy (non-hydrogen) atoms. The third kappa shape index (κ3) is 6.23. The molecule has 218 valence electrons. The van der Waals surface area contributed by atoms with E-state index in [0.29, 0.717) is 12.1 Å². The molecular weight excluding hydrogens is 589 g/mol. The Hall–Kier alpha value is -2.46. The maximum atomic E-state index is 15.1. The molecule has 5 rings (SSSR count). The van der Waals surface area contributed by atoms with Crippen LogP contribution in [0.2, 0.25) is 0 Å². The van der Waals surface area contributed by atoms with Crippen molar-refractivity contribution in [1.82, 2.24) is 14.4 Å². The number of aromatic nitrogens is 1. The molecule has 1 aromatic heterocycles. The predicted molar refractivity (Wildman–Crippen MR) is 136 cm³/mol. The number of fused-ring (bicyclic) bond motifs is 2. The number of hydrogen-bond donors (Lipinski definition) is 1. The predicted octanol–water partition coefficient (Wildman–Crippen LogP) is -7.59. The monoisotopic (exact) mass is 616 g/mol. The minimum absolute atomic E-state index is 0. The number of anilines is 1. The van der Waals surface area contributed by atoms with Crippen molar-refractivity contribution < 1.29 is 103 Å². The van der Waals surface area contributed by atoms with Gasteiger partial charge in [0.1, 0.15) is 12.4 Å². The normalized spacial score (nSPS) is 20.2. The topological polar surface area (TPSA) is 176 Å². The van der Waals surface area contributed by atoms with Gasteiger partial charge in [0.2, 0.25) is 5.91 Å². The van der Waals surface area contributed by atoms with E-state index in [0.717, 1.165) is 11.0 Å². The molecule has 4 heterocycles. The number of ether oxygens (including phenoxy) is 1. The molecule has 13 nitrogen and oxygen atoms in total. The van der Waals surface area contributed by atoms with Crippen molar-refractivity contribution in [2.24, 2.45) is 5.92 Å². The summed E-state index contributed by atoms with van der Waals surface area (Å²) in [6, 6.07) is 1.95. The Balaban J connectivity index is 0.00000253. The van der Waals surface area contributed by atoms with Gasteiger partial charge >= 0.3 is 65.2 Å². The second kappa shape index (κ2) is 13.7. The number of aliphatic carboxylic acids is 1. The maximum Gasteiger partial charge on any atom is 1.00 e. The molecule has 2 aromatic rings. The van der Waals surface area contributed by atoms with Crippen molar-refractivity contribution in [3.8, 4) is 0 Å². The number of carboxylic acid groups (broad SMARTS) is 2. The van der Waals surface area contributed by atoms with Crippen molar-refractivity contribution in [2.45, 2.75) is 39.0 Å². The van der Waals surface area contributed by atoms with E-state index in [4.69, 9.17) is 4.74 Å². The molecular formula is C27H27FN4Na2O9. The van der Waals surface area contributed by atoms with Gasteiger partial charge in [-0.2, -0.15) is 0 Å². The van der Waals surface area contributed by atoms with Gasteiger partial charge in [-0.25, -0.2) is 9.18 Å². The number of aryl methyl sites for hydroxylation is 1. The number of aromatic carboxylic acids is 1. The first-order chi connectivity index (χ1) is 19.4. The Labute approximate surface area is 289 Å². The van der Waals surface area contributed by atoms with Crippen molar-refractivity contribution in [1.29, 1.82) is 0 Å². The van der Waals surface area contributed by atoms with Crippen molar-refractivity contribution in [3.63, 3.8) is 0 Å². The van der Waals surface area contributed by atoms with Gasteiger partial charge in [-0.05, 0) is 38.0 Å². The van der Waals surface area contributed by atoms with E-state index in [1.807, 2.05) is 0 Å². The zero-order valence-electron chi connectivity index (χ0n) is 24.3. The minimum atomic E-state index is -1.64. The summed E-state index contributed by atoms with van der Waals surface area (Å²) in [4.78, 5) is 64.8. The number of piperazine rings is 1. The largest absolute Gasteiger partial charge is 1.00 e. The number of halogens is 1. The van der Waals surface area contributed by atoms with Crippen molar-refractivity contribution in [3.05, 3.63) is 51.2 Å². The number of β-lactam (4-membered cyclic amide) rings is 1. The first-order valence-corrected chi connectivity index (χ1v) is 13.1. The van der Waals surface area contributed by atoms with E-state index in [-0.39, 0.29) is 121 Å². The molecule has 3 aliphatic rings. The number of carboxylic acids is 2. The average molecular weight is 617 g/mol. The Kier molecular flexibility index (Phi) is 11.1. The molecule has 0 aliphatic carbocycles. The second-order valence-electron chi connectivity index (χ2n) is 10.3. The Bertz CT molecular complexity index is 1570. The summed E-state index contributed by atoms with van der Waals surface area (Å²) < 4.78 is 22.0. The van der Waals surface area contributed by atoms with Gasteiger partial charge in [0.05, 0.1) is 52.5 Å². The molecule has 0 bridgehead atoms. The summed E-state index contributed by atoms with van der Waals surface area (Å²) in [7, 11) is 0. The Morgan fingerprint density at radius 1 is 1.09 bits per heavy atom.